The Bertz CT molecular complexity index is 998. The van der Waals surface area contributed by atoms with Crippen LogP contribution >= 0.6 is 0 Å². The predicted molar refractivity (Wildman–Crippen MR) is 103 cm³/mol. The average Bonchev–Trinajstić information content (AvgIpc) is 2.94. The Hall–Kier alpha value is -3.29. The molecule has 0 saturated heterocycles. The van der Waals surface area contributed by atoms with Gasteiger partial charge in [-0.15, -0.1) is 0 Å². The largest absolute Gasteiger partial charge is 0.484 e. The second-order valence-electron chi connectivity index (χ2n) is 6.57. The molecule has 0 radical (unpaired) electrons. The molecule has 29 heavy (non-hydrogen) atoms. The molecule has 0 fully saturated rings. The summed E-state index contributed by atoms with van der Waals surface area (Å²) in [4.78, 5) is 12.6. The smallest absolute Gasteiger partial charge is 0.422 e. The highest BCUT2D eigenvalue weighted by Crippen LogP contribution is 2.23. The first-order valence-electron chi connectivity index (χ1n) is 8.92. The maximum atomic E-state index is 12.6. The van der Waals surface area contributed by atoms with Crippen molar-refractivity contribution in [1.82, 2.24) is 9.78 Å². The molecule has 1 heterocycles. The van der Waals surface area contributed by atoms with Crippen LogP contribution in [0.2, 0.25) is 0 Å². The van der Waals surface area contributed by atoms with Crippen molar-refractivity contribution < 1.29 is 22.7 Å². The zero-order chi connectivity index (χ0) is 21.0. The highest BCUT2D eigenvalue weighted by Gasteiger charge is 2.28. The number of nitrogens with one attached hydrogen (secondary N) is 1. The van der Waals surface area contributed by atoms with Gasteiger partial charge in [0.05, 0.1) is 23.6 Å². The number of hydrogen-bond donors (Lipinski definition) is 1. The lowest BCUT2D eigenvalue weighted by atomic mass is 10.2. The highest BCUT2D eigenvalue weighted by molar-refractivity contribution is 6.05. The third-order valence-electron chi connectivity index (χ3n) is 4.29. The number of rotatable bonds is 6. The van der Waals surface area contributed by atoms with Gasteiger partial charge >= 0.3 is 6.18 Å². The van der Waals surface area contributed by atoms with Gasteiger partial charge in [0.2, 0.25) is 0 Å². The summed E-state index contributed by atoms with van der Waals surface area (Å²) in [7, 11) is 0. The summed E-state index contributed by atoms with van der Waals surface area (Å²) < 4.78 is 43.5. The third-order valence-corrected chi connectivity index (χ3v) is 4.29. The maximum Gasteiger partial charge on any atom is 0.422 e. The molecule has 1 aromatic heterocycles. The summed E-state index contributed by atoms with van der Waals surface area (Å²) in [5.41, 5.74) is 3.28. The van der Waals surface area contributed by atoms with Gasteiger partial charge in [0.1, 0.15) is 5.75 Å². The lowest BCUT2D eigenvalue weighted by molar-refractivity contribution is -0.153. The second-order valence-corrected chi connectivity index (χ2v) is 6.57. The van der Waals surface area contributed by atoms with E-state index < -0.39 is 18.7 Å². The first-order valence-corrected chi connectivity index (χ1v) is 8.92. The minimum absolute atomic E-state index is 0.0248. The van der Waals surface area contributed by atoms with Gasteiger partial charge in [0.15, 0.2) is 6.61 Å². The van der Waals surface area contributed by atoms with E-state index in [2.05, 4.69) is 10.4 Å². The van der Waals surface area contributed by atoms with E-state index in [4.69, 9.17) is 4.74 Å². The van der Waals surface area contributed by atoms with E-state index in [0.717, 1.165) is 11.3 Å². The molecule has 5 nitrogen and oxygen atoms in total. The summed E-state index contributed by atoms with van der Waals surface area (Å²) in [6, 6.07) is 15.4. The Morgan fingerprint density at radius 3 is 2.52 bits per heavy atom. The number of halogens is 3. The molecule has 0 spiro atoms. The van der Waals surface area contributed by atoms with Gasteiger partial charge in [0, 0.05) is 5.56 Å². The molecular formula is C21H20F3N3O2. The summed E-state index contributed by atoms with van der Waals surface area (Å²) in [6.07, 6.45) is -4.44. The first-order chi connectivity index (χ1) is 13.7. The molecular weight excluding hydrogens is 383 g/mol. The number of anilines is 1. The van der Waals surface area contributed by atoms with E-state index in [1.807, 2.05) is 37.3 Å². The SMILES string of the molecule is Cc1nn(Cc2ccccc2)c(C)c1NC(=O)c1cccc(OCC(F)(F)F)c1. The normalized spacial score (nSPS) is 11.3. The topological polar surface area (TPSA) is 56.2 Å². The molecule has 3 rings (SSSR count). The quantitative estimate of drug-likeness (QED) is 0.647. The van der Waals surface area contributed by atoms with Crippen LogP contribution < -0.4 is 10.1 Å². The molecule has 0 aliphatic carbocycles. The van der Waals surface area contributed by atoms with Crippen LogP contribution in [-0.4, -0.2) is 28.5 Å². The van der Waals surface area contributed by atoms with Gasteiger partial charge in [-0.1, -0.05) is 36.4 Å². The molecule has 0 atom stereocenters. The van der Waals surface area contributed by atoms with Crippen molar-refractivity contribution >= 4 is 11.6 Å². The van der Waals surface area contributed by atoms with Crippen molar-refractivity contribution in [1.29, 1.82) is 0 Å². The first kappa shape index (κ1) is 20.4. The number of nitrogens with zero attached hydrogens (tertiary/aromatic N) is 2. The summed E-state index contributed by atoms with van der Waals surface area (Å²) in [5, 5.41) is 7.28. The van der Waals surface area contributed by atoms with Gasteiger partial charge in [0.25, 0.3) is 5.91 Å². The lowest BCUT2D eigenvalue weighted by Gasteiger charge is -2.11. The van der Waals surface area contributed by atoms with Crippen molar-refractivity contribution in [3.63, 3.8) is 0 Å². The fourth-order valence-corrected chi connectivity index (χ4v) is 2.87. The molecule has 8 heteroatoms. The van der Waals surface area contributed by atoms with Gasteiger partial charge in [-0.2, -0.15) is 18.3 Å². The molecule has 0 unspecified atom stereocenters. The predicted octanol–water partition coefficient (Wildman–Crippen LogP) is 4.74. The summed E-state index contributed by atoms with van der Waals surface area (Å²) >= 11 is 0. The highest BCUT2D eigenvalue weighted by atomic mass is 19.4. The molecule has 0 bridgehead atoms. The van der Waals surface area contributed by atoms with Crippen molar-refractivity contribution in [2.45, 2.75) is 26.6 Å². The summed E-state index contributed by atoms with van der Waals surface area (Å²) in [6.45, 7) is 2.78. The molecule has 0 saturated carbocycles. The summed E-state index contributed by atoms with van der Waals surface area (Å²) in [5.74, 6) is -0.476. The number of amides is 1. The van der Waals surface area contributed by atoms with Crippen LogP contribution in [0.3, 0.4) is 0 Å². The Labute approximate surface area is 166 Å². The monoisotopic (exact) mass is 403 g/mol. The van der Waals surface area contributed by atoms with E-state index in [0.29, 0.717) is 17.9 Å². The second kappa shape index (κ2) is 8.38. The minimum atomic E-state index is -4.44. The molecule has 0 aliphatic heterocycles. The number of carbonyl (C=O) groups excluding carboxylic acids is 1. The number of aryl methyl sites for hydroxylation is 1. The van der Waals surface area contributed by atoms with Crippen LogP contribution in [0.25, 0.3) is 0 Å². The van der Waals surface area contributed by atoms with E-state index >= 15 is 0 Å². The average molecular weight is 403 g/mol. The van der Waals surface area contributed by atoms with Crippen molar-refractivity contribution in [2.75, 3.05) is 11.9 Å². The van der Waals surface area contributed by atoms with Gasteiger partial charge < -0.3 is 10.1 Å². The maximum absolute atomic E-state index is 12.6. The number of aromatic nitrogens is 2. The van der Waals surface area contributed by atoms with Crippen LogP contribution in [0.15, 0.2) is 54.6 Å². The van der Waals surface area contributed by atoms with Crippen molar-refractivity contribution in [3.8, 4) is 5.75 Å². The van der Waals surface area contributed by atoms with Crippen LogP contribution in [0, 0.1) is 13.8 Å². The molecule has 0 aliphatic rings. The fourth-order valence-electron chi connectivity index (χ4n) is 2.87. The molecule has 1 amide bonds. The number of carbonyl (C=O) groups is 1. The van der Waals surface area contributed by atoms with Crippen molar-refractivity contribution in [3.05, 3.63) is 77.1 Å². The van der Waals surface area contributed by atoms with Gasteiger partial charge in [-0.05, 0) is 37.6 Å². The van der Waals surface area contributed by atoms with Gasteiger partial charge in [-0.25, -0.2) is 0 Å². The van der Waals surface area contributed by atoms with E-state index in [9.17, 15) is 18.0 Å². The lowest BCUT2D eigenvalue weighted by Crippen LogP contribution is -2.19. The molecule has 3 aromatic rings. The Balaban J connectivity index is 1.74. The van der Waals surface area contributed by atoms with Crippen LogP contribution in [-0.2, 0) is 6.54 Å². The number of benzene rings is 2. The standard InChI is InChI=1S/C21H20F3N3O2/c1-14-19(15(2)27(26-14)12-16-7-4-3-5-8-16)25-20(28)17-9-6-10-18(11-17)29-13-21(22,23)24/h3-11H,12-13H2,1-2H3,(H,25,28). The number of alkyl halides is 3. The van der Waals surface area contributed by atoms with Crippen LogP contribution in [0.5, 0.6) is 5.75 Å². The Morgan fingerprint density at radius 2 is 1.83 bits per heavy atom. The number of ether oxygens (including phenoxy) is 1. The van der Waals surface area contributed by atoms with E-state index in [1.165, 1.54) is 24.3 Å². The van der Waals surface area contributed by atoms with Crippen LogP contribution in [0.4, 0.5) is 18.9 Å². The molecule has 2 aromatic carbocycles. The van der Waals surface area contributed by atoms with E-state index in [1.54, 1.807) is 11.6 Å². The number of hydrogen-bond acceptors (Lipinski definition) is 3. The van der Waals surface area contributed by atoms with E-state index in [-0.39, 0.29) is 11.3 Å². The Morgan fingerprint density at radius 1 is 1.10 bits per heavy atom. The third kappa shape index (κ3) is 5.37. The zero-order valence-corrected chi connectivity index (χ0v) is 16.0. The fraction of sp³-hybridized carbons (Fsp3) is 0.238. The molecule has 1 N–H and O–H groups in total. The van der Waals surface area contributed by atoms with Gasteiger partial charge in [-0.3, -0.25) is 9.48 Å². The molecule has 152 valence electrons. The minimum Gasteiger partial charge on any atom is -0.484 e. The Kier molecular flexibility index (Phi) is 5.91. The zero-order valence-electron chi connectivity index (χ0n) is 16.0. The van der Waals surface area contributed by atoms with Crippen molar-refractivity contribution in [2.24, 2.45) is 0 Å². The van der Waals surface area contributed by atoms with Crippen LogP contribution in [0.1, 0.15) is 27.3 Å².